The van der Waals surface area contributed by atoms with E-state index in [2.05, 4.69) is 10.6 Å². The molecule has 1 amide bonds. The van der Waals surface area contributed by atoms with Gasteiger partial charge in [-0.1, -0.05) is 18.5 Å². The van der Waals surface area contributed by atoms with E-state index in [9.17, 15) is 4.79 Å². The van der Waals surface area contributed by atoms with E-state index in [1.807, 2.05) is 19.1 Å². The molecule has 1 aliphatic rings. The summed E-state index contributed by atoms with van der Waals surface area (Å²) in [6.45, 7) is 4.40. The zero-order chi connectivity index (χ0) is 14.4. The number of ether oxygens (including phenoxy) is 1. The molecule has 0 saturated heterocycles. The first-order valence-corrected chi connectivity index (χ1v) is 7.45. The van der Waals surface area contributed by atoms with Gasteiger partial charge in [-0.2, -0.15) is 0 Å². The Kier molecular flexibility index (Phi) is 5.68. The quantitative estimate of drug-likeness (QED) is 0.774. The lowest BCUT2D eigenvalue weighted by atomic mass is 10.2. The van der Waals surface area contributed by atoms with Crippen LogP contribution >= 0.6 is 11.6 Å². The molecule has 0 radical (unpaired) electrons. The number of carbonyl (C=O) groups is 1. The summed E-state index contributed by atoms with van der Waals surface area (Å²) >= 11 is 5.99. The second-order valence-electron chi connectivity index (χ2n) is 5.07. The van der Waals surface area contributed by atoms with Crippen LogP contribution in [0.4, 0.5) is 0 Å². The van der Waals surface area contributed by atoms with E-state index in [1.165, 1.54) is 12.8 Å². The van der Waals surface area contributed by atoms with Crippen molar-refractivity contribution < 1.29 is 9.53 Å². The maximum absolute atomic E-state index is 11.7. The van der Waals surface area contributed by atoms with Crippen molar-refractivity contribution in [2.24, 2.45) is 5.92 Å². The van der Waals surface area contributed by atoms with Gasteiger partial charge >= 0.3 is 0 Å². The number of rotatable bonds is 8. The van der Waals surface area contributed by atoms with E-state index in [0.717, 1.165) is 18.7 Å². The Bertz CT molecular complexity index is 461. The lowest BCUT2D eigenvalue weighted by Crippen LogP contribution is -2.30. The number of benzene rings is 1. The normalized spacial score (nSPS) is 14.1. The van der Waals surface area contributed by atoms with Crippen LogP contribution in [0, 0.1) is 5.92 Å². The maximum atomic E-state index is 11.7. The number of hydrogen-bond donors (Lipinski definition) is 2. The van der Waals surface area contributed by atoms with E-state index < -0.39 is 0 Å². The van der Waals surface area contributed by atoms with Crippen LogP contribution in [-0.2, 0) is 11.3 Å². The lowest BCUT2D eigenvalue weighted by Gasteiger charge is -2.12. The molecule has 1 saturated carbocycles. The molecule has 0 spiro atoms. The van der Waals surface area contributed by atoms with Crippen molar-refractivity contribution in [3.8, 4) is 5.75 Å². The first-order valence-electron chi connectivity index (χ1n) is 7.07. The molecule has 2 rings (SSSR count). The van der Waals surface area contributed by atoms with Gasteiger partial charge in [-0.3, -0.25) is 4.79 Å². The third-order valence-corrected chi connectivity index (χ3v) is 3.47. The van der Waals surface area contributed by atoms with Crippen molar-refractivity contribution in [1.82, 2.24) is 10.6 Å². The van der Waals surface area contributed by atoms with Gasteiger partial charge in [-0.05, 0) is 43.5 Å². The van der Waals surface area contributed by atoms with Crippen LogP contribution in [0.2, 0.25) is 5.02 Å². The van der Waals surface area contributed by atoms with Gasteiger partial charge in [0.1, 0.15) is 5.75 Å². The zero-order valence-electron chi connectivity index (χ0n) is 11.7. The predicted octanol–water partition coefficient (Wildman–Crippen LogP) is 2.35. The average molecular weight is 297 g/mol. The molecular formula is C15H21ClN2O2. The third kappa shape index (κ3) is 5.02. The summed E-state index contributed by atoms with van der Waals surface area (Å²) in [6.07, 6.45) is 2.45. The second kappa shape index (κ2) is 7.50. The van der Waals surface area contributed by atoms with Crippen LogP contribution in [0.3, 0.4) is 0 Å². The second-order valence-corrected chi connectivity index (χ2v) is 5.50. The molecule has 1 aliphatic carbocycles. The Hall–Kier alpha value is -1.26. The van der Waals surface area contributed by atoms with E-state index in [-0.39, 0.29) is 12.5 Å². The van der Waals surface area contributed by atoms with Gasteiger partial charge in [-0.15, -0.1) is 0 Å². The largest absolute Gasteiger partial charge is 0.483 e. The molecule has 1 fully saturated rings. The van der Waals surface area contributed by atoms with E-state index in [0.29, 0.717) is 23.2 Å². The topological polar surface area (TPSA) is 50.4 Å². The molecule has 0 aromatic heterocycles. The smallest absolute Gasteiger partial charge is 0.257 e. The highest BCUT2D eigenvalue weighted by Crippen LogP contribution is 2.27. The number of nitrogens with one attached hydrogen (secondary N) is 2. The molecule has 5 heteroatoms. The van der Waals surface area contributed by atoms with Gasteiger partial charge < -0.3 is 15.4 Å². The van der Waals surface area contributed by atoms with Crippen LogP contribution in [0.15, 0.2) is 18.2 Å². The minimum absolute atomic E-state index is 0.0491. The Morgan fingerprint density at radius 3 is 2.95 bits per heavy atom. The van der Waals surface area contributed by atoms with Gasteiger partial charge in [0.15, 0.2) is 6.61 Å². The highest BCUT2D eigenvalue weighted by atomic mass is 35.5. The molecule has 1 aromatic carbocycles. The first kappa shape index (κ1) is 15.1. The molecule has 0 atom stereocenters. The molecule has 110 valence electrons. The van der Waals surface area contributed by atoms with Gasteiger partial charge in [0.05, 0.1) is 0 Å². The molecule has 0 bridgehead atoms. The molecule has 4 nitrogen and oxygen atoms in total. The standard InChI is InChI=1S/C15H21ClN2O2/c1-2-17-9-12-7-13(16)5-6-14(12)20-10-15(19)18-8-11-3-4-11/h5-7,11,17H,2-4,8-10H2,1H3,(H,18,19). The Balaban J connectivity index is 1.84. The van der Waals surface area contributed by atoms with Crippen molar-refractivity contribution in [2.45, 2.75) is 26.3 Å². The average Bonchev–Trinajstić information content (AvgIpc) is 3.26. The van der Waals surface area contributed by atoms with Crippen LogP contribution in [0.25, 0.3) is 0 Å². The van der Waals surface area contributed by atoms with Crippen molar-refractivity contribution in [3.05, 3.63) is 28.8 Å². The van der Waals surface area contributed by atoms with Crippen molar-refractivity contribution in [2.75, 3.05) is 19.7 Å². The highest BCUT2D eigenvalue weighted by molar-refractivity contribution is 6.30. The number of hydrogen-bond acceptors (Lipinski definition) is 3. The van der Waals surface area contributed by atoms with Crippen LogP contribution in [-0.4, -0.2) is 25.6 Å². The Morgan fingerprint density at radius 1 is 1.45 bits per heavy atom. The van der Waals surface area contributed by atoms with Gasteiger partial charge in [0.25, 0.3) is 5.91 Å². The fourth-order valence-electron chi connectivity index (χ4n) is 1.86. The number of halogens is 1. The van der Waals surface area contributed by atoms with Gasteiger partial charge in [-0.25, -0.2) is 0 Å². The maximum Gasteiger partial charge on any atom is 0.257 e. The minimum Gasteiger partial charge on any atom is -0.483 e. The number of carbonyl (C=O) groups excluding carboxylic acids is 1. The summed E-state index contributed by atoms with van der Waals surface area (Å²) in [6, 6.07) is 5.44. The zero-order valence-corrected chi connectivity index (χ0v) is 12.5. The van der Waals surface area contributed by atoms with Gasteiger partial charge in [0, 0.05) is 23.7 Å². The van der Waals surface area contributed by atoms with E-state index in [4.69, 9.17) is 16.3 Å². The molecule has 1 aromatic rings. The van der Waals surface area contributed by atoms with Crippen molar-refractivity contribution in [1.29, 1.82) is 0 Å². The fourth-order valence-corrected chi connectivity index (χ4v) is 2.06. The lowest BCUT2D eigenvalue weighted by molar-refractivity contribution is -0.123. The predicted molar refractivity (Wildman–Crippen MR) is 80.1 cm³/mol. The monoisotopic (exact) mass is 296 g/mol. The first-order chi connectivity index (χ1) is 9.69. The van der Waals surface area contributed by atoms with E-state index >= 15 is 0 Å². The molecule has 0 heterocycles. The van der Waals surface area contributed by atoms with Gasteiger partial charge in [0.2, 0.25) is 0 Å². The summed E-state index contributed by atoms with van der Waals surface area (Å²) in [4.78, 5) is 11.7. The van der Waals surface area contributed by atoms with Crippen molar-refractivity contribution >= 4 is 17.5 Å². The van der Waals surface area contributed by atoms with Crippen LogP contribution in [0.1, 0.15) is 25.3 Å². The number of amides is 1. The molecule has 20 heavy (non-hydrogen) atoms. The fraction of sp³-hybridized carbons (Fsp3) is 0.533. The summed E-state index contributed by atoms with van der Waals surface area (Å²) in [5.74, 6) is 1.32. The highest BCUT2D eigenvalue weighted by Gasteiger charge is 2.21. The summed E-state index contributed by atoms with van der Waals surface area (Å²) in [7, 11) is 0. The summed E-state index contributed by atoms with van der Waals surface area (Å²) in [5, 5.41) is 6.78. The Morgan fingerprint density at radius 2 is 2.25 bits per heavy atom. The van der Waals surface area contributed by atoms with Crippen LogP contribution in [0.5, 0.6) is 5.75 Å². The third-order valence-electron chi connectivity index (χ3n) is 3.23. The van der Waals surface area contributed by atoms with Crippen LogP contribution < -0.4 is 15.4 Å². The van der Waals surface area contributed by atoms with E-state index in [1.54, 1.807) is 6.07 Å². The molecule has 2 N–H and O–H groups in total. The SMILES string of the molecule is CCNCc1cc(Cl)ccc1OCC(=O)NCC1CC1. The van der Waals surface area contributed by atoms with Crippen molar-refractivity contribution in [3.63, 3.8) is 0 Å². The molecular weight excluding hydrogens is 276 g/mol. The summed E-state index contributed by atoms with van der Waals surface area (Å²) in [5.41, 5.74) is 0.967. The molecule has 0 aliphatic heterocycles. The molecule has 0 unspecified atom stereocenters. The Labute approximate surface area is 124 Å². The summed E-state index contributed by atoms with van der Waals surface area (Å²) < 4.78 is 5.59. The minimum atomic E-state index is -0.0683.